The molecule has 0 aromatic rings. The van der Waals surface area contributed by atoms with Crippen LogP contribution in [0.25, 0.3) is 0 Å². The minimum absolute atomic E-state index is 0.0427. The van der Waals surface area contributed by atoms with Gasteiger partial charge in [-0.05, 0) is 12.8 Å². The first-order valence-electron chi connectivity index (χ1n) is 9.17. The molecule has 2 fully saturated rings. The van der Waals surface area contributed by atoms with Crippen LogP contribution in [0.15, 0.2) is 0 Å². The number of likely N-dealkylation sites (tertiary alicyclic amines) is 1. The second-order valence-corrected chi connectivity index (χ2v) is 6.69. The third-order valence-corrected chi connectivity index (χ3v) is 4.78. The Balaban J connectivity index is 1.63. The zero-order chi connectivity index (χ0) is 17.2. The van der Waals surface area contributed by atoms with E-state index >= 15 is 0 Å². The van der Waals surface area contributed by atoms with Crippen molar-refractivity contribution in [3.63, 3.8) is 0 Å². The topological polar surface area (TPSA) is 65.1 Å². The minimum Gasteiger partial charge on any atom is -0.383 e. The molecule has 2 heterocycles. The fourth-order valence-electron chi connectivity index (χ4n) is 3.27. The Morgan fingerprint density at radius 3 is 2.04 bits per heavy atom. The molecule has 2 rings (SSSR count). The molecular formula is C17H32N4O3. The molecule has 0 aromatic heterocycles. The van der Waals surface area contributed by atoms with Crippen LogP contribution >= 0.6 is 0 Å². The predicted octanol–water partition coefficient (Wildman–Crippen LogP) is -0.231. The molecule has 2 aliphatic heterocycles. The normalized spacial score (nSPS) is 20.6. The van der Waals surface area contributed by atoms with Gasteiger partial charge in [-0.1, -0.05) is 12.8 Å². The molecule has 138 valence electrons. The maximum atomic E-state index is 12.4. The summed E-state index contributed by atoms with van der Waals surface area (Å²) >= 11 is 0. The van der Waals surface area contributed by atoms with Crippen molar-refractivity contribution in [1.82, 2.24) is 20.0 Å². The smallest absolute Gasteiger partial charge is 0.236 e. The van der Waals surface area contributed by atoms with Gasteiger partial charge in [0.2, 0.25) is 11.8 Å². The second kappa shape index (κ2) is 10.6. The highest BCUT2D eigenvalue weighted by molar-refractivity contribution is 5.78. The van der Waals surface area contributed by atoms with Gasteiger partial charge in [0.15, 0.2) is 0 Å². The van der Waals surface area contributed by atoms with Crippen LogP contribution in [0.3, 0.4) is 0 Å². The van der Waals surface area contributed by atoms with E-state index in [0.717, 1.165) is 52.1 Å². The lowest BCUT2D eigenvalue weighted by molar-refractivity contribution is -0.133. The van der Waals surface area contributed by atoms with E-state index < -0.39 is 0 Å². The number of hydrogen-bond acceptors (Lipinski definition) is 5. The SMILES string of the molecule is COCCNC(=O)CN1CCN(CC(=O)N2CCCCCC2)CC1. The zero-order valence-electron chi connectivity index (χ0n) is 15.0. The number of amides is 2. The molecule has 7 nitrogen and oxygen atoms in total. The van der Waals surface area contributed by atoms with Crippen LogP contribution in [0.5, 0.6) is 0 Å². The lowest BCUT2D eigenvalue weighted by Gasteiger charge is -2.35. The first kappa shape index (κ1) is 19.1. The second-order valence-electron chi connectivity index (χ2n) is 6.69. The van der Waals surface area contributed by atoms with Gasteiger partial charge in [0.05, 0.1) is 19.7 Å². The summed E-state index contributed by atoms with van der Waals surface area (Å²) in [5, 5.41) is 2.84. The van der Waals surface area contributed by atoms with Crippen molar-refractivity contribution in [2.45, 2.75) is 25.7 Å². The fraction of sp³-hybridized carbons (Fsp3) is 0.882. The molecule has 2 saturated heterocycles. The first-order chi connectivity index (χ1) is 11.7. The van der Waals surface area contributed by atoms with Gasteiger partial charge in [0, 0.05) is 52.9 Å². The Morgan fingerprint density at radius 1 is 0.875 bits per heavy atom. The Hall–Kier alpha value is -1.18. The third kappa shape index (κ3) is 6.75. The fourth-order valence-corrected chi connectivity index (χ4v) is 3.27. The lowest BCUT2D eigenvalue weighted by Crippen LogP contribution is -2.52. The monoisotopic (exact) mass is 340 g/mol. The number of nitrogens with one attached hydrogen (secondary N) is 1. The van der Waals surface area contributed by atoms with E-state index in [1.807, 2.05) is 4.90 Å². The van der Waals surface area contributed by atoms with Crippen molar-refractivity contribution in [3.05, 3.63) is 0 Å². The van der Waals surface area contributed by atoms with Crippen molar-refractivity contribution in [2.75, 3.05) is 72.6 Å². The number of rotatable bonds is 7. The molecule has 0 radical (unpaired) electrons. The van der Waals surface area contributed by atoms with Gasteiger partial charge in [-0.15, -0.1) is 0 Å². The maximum absolute atomic E-state index is 12.4. The van der Waals surface area contributed by atoms with Crippen molar-refractivity contribution in [3.8, 4) is 0 Å². The van der Waals surface area contributed by atoms with E-state index in [2.05, 4.69) is 15.1 Å². The first-order valence-corrected chi connectivity index (χ1v) is 9.17. The molecule has 2 aliphatic rings. The molecule has 7 heteroatoms. The highest BCUT2D eigenvalue weighted by atomic mass is 16.5. The summed E-state index contributed by atoms with van der Waals surface area (Å²) in [5.74, 6) is 0.309. The van der Waals surface area contributed by atoms with Crippen LogP contribution in [0, 0.1) is 0 Å². The van der Waals surface area contributed by atoms with Crippen molar-refractivity contribution < 1.29 is 14.3 Å². The zero-order valence-corrected chi connectivity index (χ0v) is 15.0. The van der Waals surface area contributed by atoms with Gasteiger partial charge < -0.3 is 15.0 Å². The summed E-state index contributed by atoms with van der Waals surface area (Å²) in [6, 6.07) is 0. The van der Waals surface area contributed by atoms with Crippen LogP contribution in [0.4, 0.5) is 0 Å². The molecule has 0 saturated carbocycles. The number of carbonyl (C=O) groups excluding carboxylic acids is 2. The molecule has 0 aromatic carbocycles. The summed E-state index contributed by atoms with van der Waals surface area (Å²) in [7, 11) is 1.62. The van der Waals surface area contributed by atoms with Crippen LogP contribution in [-0.2, 0) is 14.3 Å². The van der Waals surface area contributed by atoms with Crippen molar-refractivity contribution >= 4 is 11.8 Å². The number of hydrogen-bond donors (Lipinski definition) is 1. The van der Waals surface area contributed by atoms with Gasteiger partial charge in [-0.2, -0.15) is 0 Å². The molecule has 0 bridgehead atoms. The summed E-state index contributed by atoms with van der Waals surface area (Å²) in [6.45, 7) is 7.26. The van der Waals surface area contributed by atoms with E-state index in [-0.39, 0.29) is 11.8 Å². The van der Waals surface area contributed by atoms with E-state index in [4.69, 9.17) is 4.74 Å². The van der Waals surface area contributed by atoms with E-state index in [1.165, 1.54) is 12.8 Å². The highest BCUT2D eigenvalue weighted by Crippen LogP contribution is 2.10. The molecule has 1 N–H and O–H groups in total. The highest BCUT2D eigenvalue weighted by Gasteiger charge is 2.23. The van der Waals surface area contributed by atoms with E-state index in [0.29, 0.717) is 26.2 Å². The Kier molecular flexibility index (Phi) is 8.49. The molecule has 0 atom stereocenters. The van der Waals surface area contributed by atoms with Gasteiger partial charge in [-0.3, -0.25) is 19.4 Å². The van der Waals surface area contributed by atoms with Crippen LogP contribution in [-0.4, -0.2) is 99.1 Å². The van der Waals surface area contributed by atoms with Crippen LogP contribution < -0.4 is 5.32 Å². The quantitative estimate of drug-likeness (QED) is 0.649. The maximum Gasteiger partial charge on any atom is 0.236 e. The van der Waals surface area contributed by atoms with Crippen molar-refractivity contribution in [2.24, 2.45) is 0 Å². The summed E-state index contributed by atoms with van der Waals surface area (Å²) in [6.07, 6.45) is 4.76. The lowest BCUT2D eigenvalue weighted by atomic mass is 10.2. The largest absolute Gasteiger partial charge is 0.383 e. The molecule has 24 heavy (non-hydrogen) atoms. The number of methoxy groups -OCH3 is 1. The van der Waals surface area contributed by atoms with Gasteiger partial charge in [-0.25, -0.2) is 0 Å². The van der Waals surface area contributed by atoms with Gasteiger partial charge in [0.1, 0.15) is 0 Å². The molecule has 0 spiro atoms. The van der Waals surface area contributed by atoms with E-state index in [1.54, 1.807) is 7.11 Å². The number of nitrogens with zero attached hydrogens (tertiary/aromatic N) is 3. The standard InChI is InChI=1S/C17H32N4O3/c1-24-13-6-18-16(22)14-19-9-11-20(12-10-19)15-17(23)21-7-4-2-3-5-8-21/h2-15H2,1H3,(H,18,22). The summed E-state index contributed by atoms with van der Waals surface area (Å²) in [5.41, 5.74) is 0. The average Bonchev–Trinajstić information content (AvgIpc) is 2.86. The summed E-state index contributed by atoms with van der Waals surface area (Å²) < 4.78 is 4.92. The Bertz CT molecular complexity index is 389. The minimum atomic E-state index is 0.0427. The molecule has 0 aliphatic carbocycles. The van der Waals surface area contributed by atoms with Gasteiger partial charge in [0.25, 0.3) is 0 Å². The van der Waals surface area contributed by atoms with Gasteiger partial charge >= 0.3 is 0 Å². The third-order valence-electron chi connectivity index (χ3n) is 4.78. The molecule has 0 unspecified atom stereocenters. The van der Waals surface area contributed by atoms with Crippen molar-refractivity contribution in [1.29, 1.82) is 0 Å². The van der Waals surface area contributed by atoms with Crippen LogP contribution in [0.2, 0.25) is 0 Å². The summed E-state index contributed by atoms with van der Waals surface area (Å²) in [4.78, 5) is 30.6. The average molecular weight is 340 g/mol. The number of piperazine rings is 1. The van der Waals surface area contributed by atoms with E-state index in [9.17, 15) is 9.59 Å². The Morgan fingerprint density at radius 2 is 1.46 bits per heavy atom. The molecular weight excluding hydrogens is 308 g/mol. The molecule has 2 amide bonds. The number of carbonyl (C=O) groups is 2. The number of ether oxygens (including phenoxy) is 1. The van der Waals surface area contributed by atoms with Crippen LogP contribution in [0.1, 0.15) is 25.7 Å². The Labute approximate surface area is 145 Å². The predicted molar refractivity (Wildman–Crippen MR) is 92.8 cm³/mol.